The molecule has 0 aromatic heterocycles. The zero-order valence-corrected chi connectivity index (χ0v) is 10.3. The Kier molecular flexibility index (Phi) is 9.52. The van der Waals surface area contributed by atoms with Gasteiger partial charge in [-0.3, -0.25) is 0 Å². The van der Waals surface area contributed by atoms with Crippen LogP contribution >= 0.6 is 0 Å². The first-order chi connectivity index (χ1) is 7.28. The van der Waals surface area contributed by atoms with E-state index in [9.17, 15) is 0 Å². The summed E-state index contributed by atoms with van der Waals surface area (Å²) in [6, 6.07) is 0. The topological polar surface area (TPSA) is 47.9 Å². The lowest BCUT2D eigenvalue weighted by Crippen LogP contribution is -2.33. The summed E-state index contributed by atoms with van der Waals surface area (Å²) in [4.78, 5) is 2.36. The van der Waals surface area contributed by atoms with E-state index >= 15 is 0 Å². The van der Waals surface area contributed by atoms with Crippen molar-refractivity contribution in [2.75, 3.05) is 32.7 Å². The third kappa shape index (κ3) is 7.33. The predicted molar refractivity (Wildman–Crippen MR) is 64.8 cm³/mol. The smallest absolute Gasteiger partial charge is 0.0596 e. The van der Waals surface area contributed by atoms with E-state index in [2.05, 4.69) is 36.1 Å². The molecule has 0 amide bonds. The monoisotopic (exact) mass is 215 g/mol. The number of hydrogen-bond donors (Lipinski definition) is 2. The molecule has 0 atom stereocenters. The van der Waals surface area contributed by atoms with Crippen LogP contribution in [0.4, 0.5) is 0 Å². The number of rotatable bonds is 3. The van der Waals surface area contributed by atoms with Crippen molar-refractivity contribution in [1.82, 2.24) is 10.2 Å². The van der Waals surface area contributed by atoms with Gasteiger partial charge in [0.05, 0.1) is 5.71 Å². The van der Waals surface area contributed by atoms with Crippen molar-refractivity contribution in [3.05, 3.63) is 0 Å². The maximum atomic E-state index is 8.42. The van der Waals surface area contributed by atoms with Crippen molar-refractivity contribution >= 4 is 5.71 Å². The number of nitrogens with one attached hydrogen (secondary N) is 1. The lowest BCUT2D eigenvalue weighted by atomic mass is 10.1. The minimum atomic E-state index is 0.935. The van der Waals surface area contributed by atoms with Gasteiger partial charge >= 0.3 is 0 Å². The Hall–Kier alpha value is -0.610. The zero-order chi connectivity index (χ0) is 11.5. The number of nitrogens with zero attached hydrogens (tertiary/aromatic N) is 2. The van der Waals surface area contributed by atoms with Crippen LogP contribution in [-0.4, -0.2) is 48.5 Å². The molecule has 15 heavy (non-hydrogen) atoms. The average Bonchev–Trinajstić information content (AvgIpc) is 2.31. The van der Waals surface area contributed by atoms with E-state index < -0.39 is 0 Å². The molecule has 1 aliphatic rings. The van der Waals surface area contributed by atoms with Gasteiger partial charge in [0.15, 0.2) is 0 Å². The highest BCUT2D eigenvalue weighted by molar-refractivity contribution is 5.84. The molecular formula is C11H25N3O. The van der Waals surface area contributed by atoms with E-state index in [4.69, 9.17) is 5.21 Å². The van der Waals surface area contributed by atoms with Gasteiger partial charge < -0.3 is 15.4 Å². The predicted octanol–water partition coefficient (Wildman–Crippen LogP) is 1.55. The summed E-state index contributed by atoms with van der Waals surface area (Å²) < 4.78 is 0. The van der Waals surface area contributed by atoms with Gasteiger partial charge in [-0.1, -0.05) is 25.9 Å². The molecule has 1 fully saturated rings. The first-order valence-electron chi connectivity index (χ1n) is 5.91. The van der Waals surface area contributed by atoms with Gasteiger partial charge in [0.25, 0.3) is 0 Å². The molecule has 0 saturated carbocycles. The highest BCUT2D eigenvalue weighted by Gasteiger charge is 2.12. The molecule has 0 aromatic carbocycles. The minimum Gasteiger partial charge on any atom is -0.411 e. The van der Waals surface area contributed by atoms with Gasteiger partial charge in [0.2, 0.25) is 0 Å². The fraction of sp³-hybridized carbons (Fsp3) is 0.909. The summed E-state index contributed by atoms with van der Waals surface area (Å²) in [5.74, 6) is 0. The fourth-order valence-corrected chi connectivity index (χ4v) is 1.48. The van der Waals surface area contributed by atoms with Gasteiger partial charge in [-0.05, 0) is 19.6 Å². The summed E-state index contributed by atoms with van der Waals surface area (Å²) in [6.45, 7) is 11.8. The normalized spacial score (nSPS) is 16.9. The van der Waals surface area contributed by atoms with Crippen LogP contribution in [0.3, 0.4) is 0 Å². The Morgan fingerprint density at radius 2 is 1.73 bits per heavy atom. The second-order valence-corrected chi connectivity index (χ2v) is 3.56. The van der Waals surface area contributed by atoms with Crippen LogP contribution in [0.1, 0.15) is 33.6 Å². The first kappa shape index (κ1) is 14.4. The van der Waals surface area contributed by atoms with Crippen LogP contribution in [0.2, 0.25) is 0 Å². The molecule has 0 aliphatic carbocycles. The molecule has 1 rings (SSSR count). The van der Waals surface area contributed by atoms with E-state index in [0.29, 0.717) is 0 Å². The molecular weight excluding hydrogens is 190 g/mol. The summed E-state index contributed by atoms with van der Waals surface area (Å²) >= 11 is 0. The molecule has 0 bridgehead atoms. The molecule has 1 heterocycles. The molecule has 0 radical (unpaired) electrons. The largest absolute Gasteiger partial charge is 0.411 e. The lowest BCUT2D eigenvalue weighted by molar-refractivity contribution is 0.274. The fourth-order valence-electron chi connectivity index (χ4n) is 1.48. The zero-order valence-electron chi connectivity index (χ0n) is 10.3. The van der Waals surface area contributed by atoms with Crippen molar-refractivity contribution in [3.63, 3.8) is 0 Å². The molecule has 1 saturated heterocycles. The van der Waals surface area contributed by atoms with Gasteiger partial charge in [0.1, 0.15) is 0 Å². The Morgan fingerprint density at radius 1 is 1.20 bits per heavy atom. The van der Waals surface area contributed by atoms with Gasteiger partial charge in [0, 0.05) is 25.9 Å². The number of likely N-dealkylation sites (tertiary alicyclic amines) is 1. The van der Waals surface area contributed by atoms with Crippen molar-refractivity contribution in [2.24, 2.45) is 5.16 Å². The van der Waals surface area contributed by atoms with Crippen molar-refractivity contribution in [2.45, 2.75) is 33.6 Å². The Labute approximate surface area is 93.3 Å². The lowest BCUT2D eigenvalue weighted by Gasteiger charge is -2.24. The molecule has 90 valence electrons. The molecule has 4 heteroatoms. The van der Waals surface area contributed by atoms with Crippen LogP contribution in [0.25, 0.3) is 0 Å². The summed E-state index contributed by atoms with van der Waals surface area (Å²) in [5.41, 5.74) is 0.949. The SMILES string of the molecule is CCN1CCC(=NO)CC1.CCNCC. The third-order valence-electron chi connectivity index (χ3n) is 2.52. The molecule has 2 N–H and O–H groups in total. The highest BCUT2D eigenvalue weighted by Crippen LogP contribution is 2.05. The number of piperidine rings is 1. The molecule has 0 spiro atoms. The van der Waals surface area contributed by atoms with E-state index in [1.807, 2.05) is 0 Å². The van der Waals surface area contributed by atoms with Gasteiger partial charge in [-0.2, -0.15) is 0 Å². The summed E-state index contributed by atoms with van der Waals surface area (Å²) in [6.07, 6.45) is 1.87. The van der Waals surface area contributed by atoms with E-state index in [0.717, 1.165) is 51.3 Å². The number of hydrogen-bond acceptors (Lipinski definition) is 4. The summed E-state index contributed by atoms with van der Waals surface area (Å²) in [7, 11) is 0. The van der Waals surface area contributed by atoms with Crippen LogP contribution < -0.4 is 5.32 Å². The van der Waals surface area contributed by atoms with Crippen LogP contribution in [-0.2, 0) is 0 Å². The third-order valence-corrected chi connectivity index (χ3v) is 2.52. The van der Waals surface area contributed by atoms with Crippen molar-refractivity contribution in [3.8, 4) is 0 Å². The maximum absolute atomic E-state index is 8.42. The van der Waals surface area contributed by atoms with Crippen LogP contribution in [0, 0.1) is 0 Å². The average molecular weight is 215 g/mol. The molecule has 4 nitrogen and oxygen atoms in total. The highest BCUT2D eigenvalue weighted by atomic mass is 16.4. The molecule has 1 aliphatic heterocycles. The maximum Gasteiger partial charge on any atom is 0.0596 e. The molecule has 0 aromatic rings. The quantitative estimate of drug-likeness (QED) is 0.554. The minimum absolute atomic E-state index is 0.935. The van der Waals surface area contributed by atoms with Crippen molar-refractivity contribution in [1.29, 1.82) is 0 Å². The first-order valence-corrected chi connectivity index (χ1v) is 5.91. The van der Waals surface area contributed by atoms with E-state index in [-0.39, 0.29) is 0 Å². The summed E-state index contributed by atoms with van der Waals surface area (Å²) in [5, 5.41) is 14.7. The van der Waals surface area contributed by atoms with E-state index in [1.54, 1.807) is 0 Å². The van der Waals surface area contributed by atoms with Crippen LogP contribution in [0.5, 0.6) is 0 Å². The standard InChI is InChI=1S/C7H14N2O.C4H11N/c1-2-9-5-3-7(8-10)4-6-9;1-3-5-4-2/h10H,2-6H2,1H3;5H,3-4H2,1-2H3. The van der Waals surface area contributed by atoms with Crippen LogP contribution in [0.15, 0.2) is 5.16 Å². The number of oxime groups is 1. The van der Waals surface area contributed by atoms with Gasteiger partial charge in [-0.25, -0.2) is 0 Å². The van der Waals surface area contributed by atoms with E-state index in [1.165, 1.54) is 0 Å². The van der Waals surface area contributed by atoms with Crippen molar-refractivity contribution < 1.29 is 5.21 Å². The second-order valence-electron chi connectivity index (χ2n) is 3.56. The molecule has 0 unspecified atom stereocenters. The van der Waals surface area contributed by atoms with Gasteiger partial charge in [-0.15, -0.1) is 0 Å². The Bertz CT molecular complexity index is 159. The Balaban J connectivity index is 0.000000336. The second kappa shape index (κ2) is 9.93. The Morgan fingerprint density at radius 3 is 2.00 bits per heavy atom.